The van der Waals surface area contributed by atoms with Crippen molar-refractivity contribution in [1.82, 2.24) is 5.32 Å². The Morgan fingerprint density at radius 3 is 3.06 bits per heavy atom. The third-order valence-corrected chi connectivity index (χ3v) is 5.00. The van der Waals surface area contributed by atoms with Gasteiger partial charge in [-0.2, -0.15) is 0 Å². The number of hydrogen-bond acceptors (Lipinski definition) is 4. The van der Waals surface area contributed by atoms with Gasteiger partial charge in [0.15, 0.2) is 0 Å². The van der Waals surface area contributed by atoms with Crippen LogP contribution in [-0.2, 0) is 9.53 Å². The summed E-state index contributed by atoms with van der Waals surface area (Å²) in [5.74, 6) is 0.208. The van der Waals surface area contributed by atoms with Crippen molar-refractivity contribution < 1.29 is 14.6 Å². The first-order valence-electron chi connectivity index (χ1n) is 5.82. The zero-order valence-corrected chi connectivity index (χ0v) is 10.4. The fraction of sp³-hybridized carbons (Fsp3) is 0.909. The lowest BCUT2D eigenvalue weighted by molar-refractivity contribution is -0.140. The second-order valence-corrected chi connectivity index (χ2v) is 6.10. The molecule has 1 saturated carbocycles. The standard InChI is InChI=1S/C11H19NO3S/c1-15-8-3-2-5-11(7-8)12-9(10(13)14)4-6-16-11/h8-9,12H,2-7H2,1H3,(H,13,14). The van der Waals surface area contributed by atoms with Gasteiger partial charge >= 0.3 is 5.97 Å². The summed E-state index contributed by atoms with van der Waals surface area (Å²) < 4.78 is 5.41. The average Bonchev–Trinajstić information content (AvgIpc) is 2.29. The van der Waals surface area contributed by atoms with E-state index in [2.05, 4.69) is 5.32 Å². The van der Waals surface area contributed by atoms with E-state index in [0.29, 0.717) is 0 Å². The van der Waals surface area contributed by atoms with Crippen LogP contribution in [-0.4, -0.2) is 41.0 Å². The quantitative estimate of drug-likeness (QED) is 0.771. The molecule has 2 fully saturated rings. The number of carboxylic acids is 1. The number of methoxy groups -OCH3 is 1. The number of carbonyl (C=O) groups is 1. The Morgan fingerprint density at radius 2 is 2.38 bits per heavy atom. The molecule has 2 N–H and O–H groups in total. The Kier molecular flexibility index (Phi) is 3.77. The van der Waals surface area contributed by atoms with E-state index in [1.165, 1.54) is 0 Å². The van der Waals surface area contributed by atoms with Gasteiger partial charge in [-0.15, -0.1) is 11.8 Å². The predicted octanol–water partition coefficient (Wildman–Crippen LogP) is 1.45. The number of thioether (sulfide) groups is 1. The van der Waals surface area contributed by atoms with Gasteiger partial charge in [0.25, 0.3) is 0 Å². The second kappa shape index (κ2) is 4.94. The number of nitrogens with one attached hydrogen (secondary N) is 1. The summed E-state index contributed by atoms with van der Waals surface area (Å²) in [4.78, 5) is 11.0. The summed E-state index contributed by atoms with van der Waals surface area (Å²) in [5.41, 5.74) is 0. The molecule has 3 unspecified atom stereocenters. The van der Waals surface area contributed by atoms with E-state index in [1.54, 1.807) is 7.11 Å². The predicted molar refractivity (Wildman–Crippen MR) is 63.6 cm³/mol. The molecule has 2 aliphatic rings. The van der Waals surface area contributed by atoms with Crippen LogP contribution in [0, 0.1) is 0 Å². The Balaban J connectivity index is 2.03. The fourth-order valence-corrected chi connectivity index (χ4v) is 4.20. The van der Waals surface area contributed by atoms with Gasteiger partial charge in [-0.1, -0.05) is 0 Å². The second-order valence-electron chi connectivity index (χ2n) is 4.62. The highest BCUT2D eigenvalue weighted by Crippen LogP contribution is 2.41. The molecular formula is C11H19NO3S. The molecule has 0 radical (unpaired) electrons. The highest BCUT2D eigenvalue weighted by Gasteiger charge is 2.42. The number of aliphatic carboxylic acids is 1. The molecule has 0 bridgehead atoms. The highest BCUT2D eigenvalue weighted by atomic mass is 32.2. The lowest BCUT2D eigenvalue weighted by atomic mass is 9.91. The minimum atomic E-state index is -0.723. The molecular weight excluding hydrogens is 226 g/mol. The largest absolute Gasteiger partial charge is 0.480 e. The van der Waals surface area contributed by atoms with Crippen molar-refractivity contribution in [2.75, 3.05) is 12.9 Å². The van der Waals surface area contributed by atoms with Crippen molar-refractivity contribution in [3.8, 4) is 0 Å². The van der Waals surface area contributed by atoms with Crippen molar-refractivity contribution in [3.05, 3.63) is 0 Å². The zero-order valence-electron chi connectivity index (χ0n) is 9.57. The summed E-state index contributed by atoms with van der Waals surface area (Å²) in [6.07, 6.45) is 5.20. The molecule has 1 saturated heterocycles. The van der Waals surface area contributed by atoms with Crippen LogP contribution in [0.15, 0.2) is 0 Å². The molecule has 3 atom stereocenters. The molecule has 0 amide bonds. The monoisotopic (exact) mass is 245 g/mol. The first kappa shape index (κ1) is 12.2. The van der Waals surface area contributed by atoms with Gasteiger partial charge < -0.3 is 9.84 Å². The molecule has 16 heavy (non-hydrogen) atoms. The Morgan fingerprint density at radius 1 is 1.56 bits per heavy atom. The summed E-state index contributed by atoms with van der Waals surface area (Å²) in [5, 5.41) is 12.4. The molecule has 0 aromatic rings. The normalized spacial score (nSPS) is 39.8. The topological polar surface area (TPSA) is 58.6 Å². The number of ether oxygens (including phenoxy) is 1. The van der Waals surface area contributed by atoms with E-state index in [-0.39, 0.29) is 17.0 Å². The van der Waals surface area contributed by atoms with Crippen molar-refractivity contribution in [2.45, 2.75) is 49.1 Å². The van der Waals surface area contributed by atoms with Crippen LogP contribution in [0.2, 0.25) is 0 Å². The molecule has 2 rings (SSSR count). The van der Waals surface area contributed by atoms with Gasteiger partial charge in [-0.25, -0.2) is 0 Å². The van der Waals surface area contributed by atoms with Gasteiger partial charge in [0, 0.05) is 13.5 Å². The van der Waals surface area contributed by atoms with Crippen LogP contribution in [0.1, 0.15) is 32.1 Å². The molecule has 0 aromatic heterocycles. The molecule has 1 aliphatic carbocycles. The summed E-state index contributed by atoms with van der Waals surface area (Å²) in [7, 11) is 1.74. The number of carboxylic acid groups (broad SMARTS) is 1. The van der Waals surface area contributed by atoms with Crippen molar-refractivity contribution in [1.29, 1.82) is 0 Å². The van der Waals surface area contributed by atoms with Gasteiger partial charge in [0.1, 0.15) is 6.04 Å². The maximum absolute atomic E-state index is 11.0. The fourth-order valence-electron chi connectivity index (χ4n) is 2.64. The van der Waals surface area contributed by atoms with Gasteiger partial charge in [-0.3, -0.25) is 10.1 Å². The van der Waals surface area contributed by atoms with Gasteiger partial charge in [0.2, 0.25) is 0 Å². The van der Waals surface area contributed by atoms with Crippen LogP contribution in [0.5, 0.6) is 0 Å². The third kappa shape index (κ3) is 2.52. The third-order valence-electron chi connectivity index (χ3n) is 3.52. The smallest absolute Gasteiger partial charge is 0.320 e. The maximum atomic E-state index is 11.0. The van der Waals surface area contributed by atoms with Crippen LogP contribution >= 0.6 is 11.8 Å². The molecule has 92 valence electrons. The lowest BCUT2D eigenvalue weighted by Gasteiger charge is -2.45. The summed E-state index contributed by atoms with van der Waals surface area (Å²) >= 11 is 1.87. The van der Waals surface area contributed by atoms with Crippen LogP contribution in [0.25, 0.3) is 0 Å². The van der Waals surface area contributed by atoms with Gasteiger partial charge in [-0.05, 0) is 31.4 Å². The first-order chi connectivity index (χ1) is 7.65. The van der Waals surface area contributed by atoms with E-state index in [0.717, 1.165) is 37.9 Å². The Labute approximate surface area is 100 Å². The van der Waals surface area contributed by atoms with E-state index >= 15 is 0 Å². The maximum Gasteiger partial charge on any atom is 0.320 e. The number of hydrogen-bond donors (Lipinski definition) is 2. The van der Waals surface area contributed by atoms with Crippen molar-refractivity contribution in [3.63, 3.8) is 0 Å². The average molecular weight is 245 g/mol. The number of rotatable bonds is 2. The van der Waals surface area contributed by atoms with Crippen LogP contribution < -0.4 is 5.32 Å². The summed E-state index contributed by atoms with van der Waals surface area (Å²) in [6.45, 7) is 0. The van der Waals surface area contributed by atoms with E-state index < -0.39 is 5.97 Å². The van der Waals surface area contributed by atoms with E-state index in [4.69, 9.17) is 9.84 Å². The van der Waals surface area contributed by atoms with Crippen molar-refractivity contribution in [2.24, 2.45) is 0 Å². The van der Waals surface area contributed by atoms with Gasteiger partial charge in [0.05, 0.1) is 11.0 Å². The van der Waals surface area contributed by atoms with Crippen molar-refractivity contribution >= 4 is 17.7 Å². The highest BCUT2D eigenvalue weighted by molar-refractivity contribution is 8.00. The molecule has 5 heteroatoms. The van der Waals surface area contributed by atoms with Crippen LogP contribution in [0.4, 0.5) is 0 Å². The Hall–Kier alpha value is -0.260. The van der Waals surface area contributed by atoms with Crippen LogP contribution in [0.3, 0.4) is 0 Å². The first-order valence-corrected chi connectivity index (χ1v) is 6.81. The zero-order chi connectivity index (χ0) is 11.6. The molecule has 0 aromatic carbocycles. The molecule has 1 aliphatic heterocycles. The minimum Gasteiger partial charge on any atom is -0.480 e. The molecule has 1 spiro atoms. The molecule has 4 nitrogen and oxygen atoms in total. The lowest BCUT2D eigenvalue weighted by Crippen LogP contribution is -2.57. The SMILES string of the molecule is COC1CCCC2(C1)NC(C(=O)O)CCS2. The summed E-state index contributed by atoms with van der Waals surface area (Å²) in [6, 6.07) is -0.378. The van der Waals surface area contributed by atoms with E-state index in [1.807, 2.05) is 11.8 Å². The Bertz CT molecular complexity index is 270. The van der Waals surface area contributed by atoms with E-state index in [9.17, 15) is 4.79 Å². The minimum absolute atomic E-state index is 0.0553. The molecule has 1 heterocycles.